The van der Waals surface area contributed by atoms with Gasteiger partial charge in [0.1, 0.15) is 0 Å². The number of rotatable bonds is 3. The second kappa shape index (κ2) is 10.7. The Morgan fingerprint density at radius 2 is 0.667 bits per heavy atom. The minimum absolute atomic E-state index is 0.383. The van der Waals surface area contributed by atoms with Crippen LogP contribution in [0.2, 0.25) is 0 Å². The average molecular weight is 645 g/mol. The number of hydrogen-bond donors (Lipinski definition) is 0. The maximum atomic E-state index is 2.55. The molecule has 0 nitrogen and oxygen atoms in total. The Morgan fingerprint density at radius 3 is 1.29 bits per heavy atom. The Kier molecular flexibility index (Phi) is 5.97. The molecule has 0 aromatic heterocycles. The van der Waals surface area contributed by atoms with Crippen LogP contribution in [0.25, 0.3) is 77.2 Å². The molecule has 2 aliphatic carbocycles. The summed E-state index contributed by atoms with van der Waals surface area (Å²) in [6, 6.07) is 72.3. The zero-order valence-corrected chi connectivity index (χ0v) is 28.0. The Bertz CT molecular complexity index is 2790. The third kappa shape index (κ3) is 3.91. The molecule has 11 rings (SSSR count). The third-order valence-corrected chi connectivity index (χ3v) is 11.5. The van der Waals surface area contributed by atoms with Crippen molar-refractivity contribution in [2.24, 2.45) is 0 Å². The first-order chi connectivity index (χ1) is 25.3. The molecule has 0 heteroatoms. The molecule has 0 N–H and O–H groups in total. The highest BCUT2D eigenvalue weighted by molar-refractivity contribution is 6.10. The van der Waals surface area contributed by atoms with E-state index in [-0.39, 0.29) is 5.41 Å². The summed E-state index contributed by atoms with van der Waals surface area (Å²) >= 11 is 0. The summed E-state index contributed by atoms with van der Waals surface area (Å²) in [6.07, 6.45) is 0. The van der Waals surface area contributed by atoms with Crippen molar-refractivity contribution in [1.29, 1.82) is 0 Å². The van der Waals surface area contributed by atoms with Crippen molar-refractivity contribution in [3.63, 3.8) is 0 Å². The van der Waals surface area contributed by atoms with Gasteiger partial charge in [-0.3, -0.25) is 0 Å². The topological polar surface area (TPSA) is 0 Å². The van der Waals surface area contributed by atoms with Gasteiger partial charge in [0, 0.05) is 0 Å². The Hall–Kier alpha value is -6.50. The van der Waals surface area contributed by atoms with Gasteiger partial charge in [-0.05, 0) is 112 Å². The van der Waals surface area contributed by atoms with Gasteiger partial charge in [-0.2, -0.15) is 0 Å². The van der Waals surface area contributed by atoms with Crippen LogP contribution in [0.5, 0.6) is 0 Å². The van der Waals surface area contributed by atoms with Gasteiger partial charge in [0.25, 0.3) is 0 Å². The molecule has 0 heterocycles. The molecule has 0 saturated heterocycles. The maximum absolute atomic E-state index is 2.55. The van der Waals surface area contributed by atoms with Gasteiger partial charge in [0.05, 0.1) is 5.41 Å². The Morgan fingerprint density at radius 1 is 0.235 bits per heavy atom. The standard InChI is InChI=1S/C51H32/c1-2-13-33(14-3-1)39-29-30-40(36-27-25-35(26-28-36)38-21-12-16-34-15-4-5-17-37(34)38)45-32-50-46(31-44(39)45)43-20-8-11-24-49(43)51(50)47-22-9-6-18-41(47)42-19-7-10-23-48(42)51/h1-32H. The highest BCUT2D eigenvalue weighted by atomic mass is 14.5. The minimum atomic E-state index is -0.383. The first-order valence-electron chi connectivity index (χ1n) is 17.9. The second-order valence-electron chi connectivity index (χ2n) is 14.0. The van der Waals surface area contributed by atoms with E-state index in [1.54, 1.807) is 0 Å². The van der Waals surface area contributed by atoms with E-state index in [9.17, 15) is 0 Å². The predicted molar refractivity (Wildman–Crippen MR) is 214 cm³/mol. The van der Waals surface area contributed by atoms with Gasteiger partial charge in [0.2, 0.25) is 0 Å². The van der Waals surface area contributed by atoms with Gasteiger partial charge < -0.3 is 0 Å². The molecule has 51 heavy (non-hydrogen) atoms. The number of fused-ring (bicyclic) bond motifs is 12. The SMILES string of the molecule is c1ccc(-c2ccc(-c3ccc(-c4cccc5ccccc45)cc3)c3cc4c(cc23)-c2ccccc2C42c3ccccc3-c3ccccc32)cc1. The summed E-state index contributed by atoms with van der Waals surface area (Å²) in [5.41, 5.74) is 17.9. The summed E-state index contributed by atoms with van der Waals surface area (Å²) in [5, 5.41) is 5.10. The smallest absolute Gasteiger partial charge is 0.0622 e. The summed E-state index contributed by atoms with van der Waals surface area (Å²) in [4.78, 5) is 0. The molecule has 0 unspecified atom stereocenters. The molecule has 0 aliphatic heterocycles. The van der Waals surface area contributed by atoms with Crippen LogP contribution in [0, 0.1) is 0 Å². The van der Waals surface area contributed by atoms with Crippen molar-refractivity contribution in [3.05, 3.63) is 216 Å². The van der Waals surface area contributed by atoms with E-state index in [1.807, 2.05) is 0 Å². The van der Waals surface area contributed by atoms with Gasteiger partial charge in [-0.1, -0.05) is 182 Å². The second-order valence-corrected chi connectivity index (χ2v) is 14.0. The molecular formula is C51H32. The largest absolute Gasteiger partial charge is 0.0725 e. The predicted octanol–water partition coefficient (Wildman–Crippen LogP) is 13.3. The van der Waals surface area contributed by atoms with Crippen LogP contribution in [0.1, 0.15) is 22.3 Å². The van der Waals surface area contributed by atoms with Crippen molar-refractivity contribution >= 4 is 21.5 Å². The molecule has 9 aromatic rings. The van der Waals surface area contributed by atoms with Crippen molar-refractivity contribution in [3.8, 4) is 55.6 Å². The molecule has 0 bridgehead atoms. The maximum Gasteiger partial charge on any atom is 0.0725 e. The van der Waals surface area contributed by atoms with Gasteiger partial charge >= 0.3 is 0 Å². The zero-order valence-electron chi connectivity index (χ0n) is 28.0. The molecule has 2 aliphatic rings. The van der Waals surface area contributed by atoms with E-state index >= 15 is 0 Å². The van der Waals surface area contributed by atoms with Crippen LogP contribution < -0.4 is 0 Å². The number of benzene rings is 9. The van der Waals surface area contributed by atoms with E-state index in [0.29, 0.717) is 0 Å². The molecule has 9 aromatic carbocycles. The summed E-state index contributed by atoms with van der Waals surface area (Å²) in [7, 11) is 0. The zero-order chi connectivity index (χ0) is 33.5. The Balaban J connectivity index is 1.20. The van der Waals surface area contributed by atoms with Crippen LogP contribution in [0.4, 0.5) is 0 Å². The first-order valence-corrected chi connectivity index (χ1v) is 17.9. The van der Waals surface area contributed by atoms with Crippen LogP contribution in [0.3, 0.4) is 0 Å². The highest BCUT2D eigenvalue weighted by Gasteiger charge is 2.51. The highest BCUT2D eigenvalue weighted by Crippen LogP contribution is 2.63. The molecule has 0 saturated carbocycles. The van der Waals surface area contributed by atoms with E-state index in [2.05, 4.69) is 194 Å². The summed E-state index contributed by atoms with van der Waals surface area (Å²) < 4.78 is 0. The lowest BCUT2D eigenvalue weighted by molar-refractivity contribution is 0.795. The monoisotopic (exact) mass is 644 g/mol. The summed E-state index contributed by atoms with van der Waals surface area (Å²) in [5.74, 6) is 0. The van der Waals surface area contributed by atoms with E-state index in [0.717, 1.165) is 0 Å². The van der Waals surface area contributed by atoms with Crippen LogP contribution in [0.15, 0.2) is 194 Å². The van der Waals surface area contributed by atoms with Gasteiger partial charge in [-0.15, -0.1) is 0 Å². The van der Waals surface area contributed by atoms with E-state index in [1.165, 1.54) is 99.4 Å². The van der Waals surface area contributed by atoms with Gasteiger partial charge in [-0.25, -0.2) is 0 Å². The van der Waals surface area contributed by atoms with Crippen LogP contribution >= 0.6 is 0 Å². The molecule has 0 amide bonds. The molecule has 0 fully saturated rings. The third-order valence-electron chi connectivity index (χ3n) is 11.5. The van der Waals surface area contributed by atoms with Crippen LogP contribution in [-0.2, 0) is 5.41 Å². The fourth-order valence-electron chi connectivity index (χ4n) is 9.36. The quantitative estimate of drug-likeness (QED) is 0.180. The lowest BCUT2D eigenvalue weighted by atomic mass is 9.70. The van der Waals surface area contributed by atoms with Crippen LogP contribution in [-0.4, -0.2) is 0 Å². The average Bonchev–Trinajstić information content (AvgIpc) is 3.67. The fraction of sp³-hybridized carbons (Fsp3) is 0.0196. The fourth-order valence-corrected chi connectivity index (χ4v) is 9.36. The van der Waals surface area contributed by atoms with Crippen molar-refractivity contribution in [2.45, 2.75) is 5.41 Å². The molecule has 0 atom stereocenters. The molecule has 1 spiro atoms. The van der Waals surface area contributed by atoms with Crippen molar-refractivity contribution in [2.75, 3.05) is 0 Å². The van der Waals surface area contributed by atoms with E-state index < -0.39 is 0 Å². The van der Waals surface area contributed by atoms with Crippen molar-refractivity contribution in [1.82, 2.24) is 0 Å². The lowest BCUT2D eigenvalue weighted by Crippen LogP contribution is -2.25. The van der Waals surface area contributed by atoms with E-state index in [4.69, 9.17) is 0 Å². The normalized spacial score (nSPS) is 13.3. The number of hydrogen-bond acceptors (Lipinski definition) is 0. The molecule has 236 valence electrons. The lowest BCUT2D eigenvalue weighted by Gasteiger charge is -2.30. The molecule has 0 radical (unpaired) electrons. The van der Waals surface area contributed by atoms with Gasteiger partial charge in [0.15, 0.2) is 0 Å². The Labute approximate surface area is 297 Å². The van der Waals surface area contributed by atoms with Crippen molar-refractivity contribution < 1.29 is 0 Å². The minimum Gasteiger partial charge on any atom is -0.0622 e. The summed E-state index contributed by atoms with van der Waals surface area (Å²) in [6.45, 7) is 0. The first kappa shape index (κ1) is 28.3. The molecular weight excluding hydrogens is 613 g/mol.